The van der Waals surface area contributed by atoms with Crippen LogP contribution in [0, 0.1) is 11.8 Å². The van der Waals surface area contributed by atoms with Crippen molar-refractivity contribution >= 4 is 16.9 Å². The molecule has 0 saturated carbocycles. The molecule has 3 rings (SSSR count). The molecule has 0 fully saturated rings. The quantitative estimate of drug-likeness (QED) is 0.593. The molecule has 0 aliphatic carbocycles. The van der Waals surface area contributed by atoms with Gasteiger partial charge in [0.25, 0.3) is 0 Å². The summed E-state index contributed by atoms with van der Waals surface area (Å²) >= 11 is 0. The van der Waals surface area contributed by atoms with Crippen LogP contribution in [0.1, 0.15) is 59.6 Å². The number of carbonyl (C=O) groups is 1. The smallest absolute Gasteiger partial charge is 0.336 e. The molecule has 0 radical (unpaired) electrons. The zero-order chi connectivity index (χ0) is 21.3. The van der Waals surface area contributed by atoms with Crippen LogP contribution in [-0.4, -0.2) is 24.2 Å². The van der Waals surface area contributed by atoms with E-state index in [1.54, 1.807) is 6.07 Å². The molecule has 1 aromatic carbocycles. The van der Waals surface area contributed by atoms with E-state index in [2.05, 4.69) is 19.2 Å². The molecular weight excluding hydrogens is 370 g/mol. The molecule has 1 aliphatic rings. The van der Waals surface area contributed by atoms with Crippen LogP contribution in [0.2, 0.25) is 0 Å². The number of quaternary nitrogens is 1. The molecule has 1 aliphatic heterocycles. The third kappa shape index (κ3) is 4.64. The fraction of sp³-hybridized carbons (Fsp3) is 0.565. The Morgan fingerprint density at radius 1 is 1.14 bits per heavy atom. The number of fused-ring (bicyclic) bond motifs is 3. The second-order valence-electron chi connectivity index (χ2n) is 9.26. The summed E-state index contributed by atoms with van der Waals surface area (Å²) in [5, 5.41) is 3.00. The van der Waals surface area contributed by atoms with Crippen LogP contribution in [0.5, 0.6) is 5.75 Å². The predicted octanol–water partition coefficient (Wildman–Crippen LogP) is 3.18. The zero-order valence-electron chi connectivity index (χ0n) is 18.2. The van der Waals surface area contributed by atoms with E-state index in [1.807, 2.05) is 39.8 Å². The third-order valence-corrected chi connectivity index (χ3v) is 5.20. The number of ether oxygens (including phenoxy) is 2. The predicted molar refractivity (Wildman–Crippen MR) is 111 cm³/mol. The minimum atomic E-state index is -0.722. The topological polar surface area (TPSA) is 82.3 Å². The van der Waals surface area contributed by atoms with Crippen LogP contribution in [0.4, 0.5) is 0 Å². The minimum absolute atomic E-state index is 0.208. The second kappa shape index (κ2) is 8.19. The van der Waals surface area contributed by atoms with E-state index in [4.69, 9.17) is 13.9 Å². The number of carbonyl (C=O) groups excluding carboxylic acids is 1. The lowest BCUT2D eigenvalue weighted by atomic mass is 9.85. The van der Waals surface area contributed by atoms with Crippen molar-refractivity contribution < 1.29 is 24.0 Å². The average Bonchev–Trinajstić information content (AvgIpc) is 2.60. The molecule has 158 valence electrons. The normalized spacial score (nSPS) is 20.6. The van der Waals surface area contributed by atoms with Crippen LogP contribution in [0.15, 0.2) is 33.5 Å². The summed E-state index contributed by atoms with van der Waals surface area (Å²) in [5.74, 6) is 1.07. The van der Waals surface area contributed by atoms with Gasteiger partial charge in [0.2, 0.25) is 0 Å². The molecule has 2 atom stereocenters. The van der Waals surface area contributed by atoms with Gasteiger partial charge >= 0.3 is 11.6 Å². The highest BCUT2D eigenvalue weighted by Crippen LogP contribution is 2.43. The first-order chi connectivity index (χ1) is 13.6. The molecular formula is C23H32NO5+. The van der Waals surface area contributed by atoms with Gasteiger partial charge in [-0.05, 0) is 38.0 Å². The van der Waals surface area contributed by atoms with Gasteiger partial charge in [0.15, 0.2) is 17.7 Å². The summed E-state index contributed by atoms with van der Waals surface area (Å²) < 4.78 is 17.8. The maximum atomic E-state index is 12.6. The number of nitrogens with two attached hydrogens (primary N) is 1. The van der Waals surface area contributed by atoms with Gasteiger partial charge < -0.3 is 19.2 Å². The highest BCUT2D eigenvalue weighted by molar-refractivity contribution is 5.83. The lowest BCUT2D eigenvalue weighted by Gasteiger charge is -2.42. The first kappa shape index (κ1) is 21.4. The molecule has 0 spiro atoms. The number of hydrogen-bond acceptors (Lipinski definition) is 5. The van der Waals surface area contributed by atoms with Crippen LogP contribution in [0.25, 0.3) is 11.0 Å². The lowest BCUT2D eigenvalue weighted by molar-refractivity contribution is -0.710. The van der Waals surface area contributed by atoms with Crippen molar-refractivity contribution in [2.45, 2.75) is 65.7 Å². The minimum Gasteiger partial charge on any atom is -0.483 e. The summed E-state index contributed by atoms with van der Waals surface area (Å²) in [6.07, 6.45) is -0.169. The molecule has 2 heterocycles. The number of hydrogen-bond donors (Lipinski definition) is 1. The van der Waals surface area contributed by atoms with Crippen molar-refractivity contribution in [1.29, 1.82) is 0 Å². The third-order valence-electron chi connectivity index (χ3n) is 5.20. The van der Waals surface area contributed by atoms with Crippen molar-refractivity contribution in [1.82, 2.24) is 0 Å². The Hall–Kier alpha value is -2.34. The largest absolute Gasteiger partial charge is 0.483 e. The van der Waals surface area contributed by atoms with Crippen molar-refractivity contribution in [3.05, 3.63) is 40.2 Å². The zero-order valence-corrected chi connectivity index (χ0v) is 18.2. The molecule has 2 N–H and O–H groups in total. The Morgan fingerprint density at radius 2 is 1.83 bits per heavy atom. The first-order valence-electron chi connectivity index (χ1n) is 10.4. The standard InChI is InChI=1S/C23H31NO5/c1-13(2)11-18(26)28-22-20(24-12-14(3)4)19-16(29-23(22,5)6)9-7-15-8-10-17(25)27-21(15)19/h7-10,13-14,20,22,24H,11-12H2,1-6H3/p+1. The van der Waals surface area contributed by atoms with Crippen molar-refractivity contribution in [2.75, 3.05) is 6.54 Å². The fourth-order valence-corrected chi connectivity index (χ4v) is 3.86. The molecule has 6 heteroatoms. The van der Waals surface area contributed by atoms with Gasteiger partial charge in [-0.3, -0.25) is 4.79 Å². The van der Waals surface area contributed by atoms with Crippen LogP contribution in [-0.2, 0) is 9.53 Å². The Balaban J connectivity index is 2.12. The highest BCUT2D eigenvalue weighted by Gasteiger charge is 2.50. The van der Waals surface area contributed by atoms with Gasteiger partial charge in [0.05, 0.1) is 12.1 Å². The molecule has 2 aromatic rings. The monoisotopic (exact) mass is 402 g/mol. The molecule has 0 bridgehead atoms. The van der Waals surface area contributed by atoms with E-state index in [9.17, 15) is 9.59 Å². The highest BCUT2D eigenvalue weighted by atomic mass is 16.6. The van der Waals surface area contributed by atoms with Crippen LogP contribution < -0.4 is 15.7 Å². The maximum absolute atomic E-state index is 12.6. The Bertz CT molecular complexity index is 944. The lowest BCUT2D eigenvalue weighted by Crippen LogP contribution is -2.90. The maximum Gasteiger partial charge on any atom is 0.336 e. The van der Waals surface area contributed by atoms with E-state index >= 15 is 0 Å². The number of esters is 1. The van der Waals surface area contributed by atoms with Gasteiger partial charge in [-0.15, -0.1) is 0 Å². The van der Waals surface area contributed by atoms with E-state index in [0.717, 1.165) is 17.5 Å². The van der Waals surface area contributed by atoms with E-state index in [1.165, 1.54) is 6.07 Å². The fourth-order valence-electron chi connectivity index (χ4n) is 3.86. The summed E-state index contributed by atoms with van der Waals surface area (Å²) in [6, 6.07) is 6.72. The van der Waals surface area contributed by atoms with Crippen molar-refractivity contribution in [3.63, 3.8) is 0 Å². The molecule has 0 saturated heterocycles. The van der Waals surface area contributed by atoms with Gasteiger partial charge in [-0.2, -0.15) is 0 Å². The van der Waals surface area contributed by atoms with E-state index in [-0.39, 0.29) is 17.9 Å². The van der Waals surface area contributed by atoms with Gasteiger partial charge in [-0.25, -0.2) is 4.79 Å². The number of benzene rings is 1. The van der Waals surface area contributed by atoms with Crippen LogP contribution in [0.3, 0.4) is 0 Å². The Kier molecular flexibility index (Phi) is 6.03. The summed E-state index contributed by atoms with van der Waals surface area (Å²) in [7, 11) is 0. The van der Waals surface area contributed by atoms with Crippen molar-refractivity contribution in [2.24, 2.45) is 11.8 Å². The van der Waals surface area contributed by atoms with Gasteiger partial charge in [0.1, 0.15) is 11.4 Å². The van der Waals surface area contributed by atoms with Gasteiger partial charge in [0, 0.05) is 23.8 Å². The number of rotatable bonds is 6. The van der Waals surface area contributed by atoms with Crippen LogP contribution >= 0.6 is 0 Å². The second-order valence-corrected chi connectivity index (χ2v) is 9.26. The van der Waals surface area contributed by atoms with E-state index in [0.29, 0.717) is 23.7 Å². The van der Waals surface area contributed by atoms with Crippen molar-refractivity contribution in [3.8, 4) is 5.75 Å². The first-order valence-corrected chi connectivity index (χ1v) is 10.4. The SMILES string of the molecule is CC(C)C[NH2+]C1c2c(ccc3ccc(=O)oc23)OC(C)(C)C1OC(=O)CC(C)C. The van der Waals surface area contributed by atoms with Gasteiger partial charge in [-0.1, -0.05) is 27.7 Å². The summed E-state index contributed by atoms with van der Waals surface area (Å²) in [6.45, 7) is 13.0. The molecule has 1 aromatic heterocycles. The molecule has 2 unspecified atom stereocenters. The average molecular weight is 403 g/mol. The summed E-state index contributed by atoms with van der Waals surface area (Å²) in [4.78, 5) is 24.5. The summed E-state index contributed by atoms with van der Waals surface area (Å²) in [5.41, 5.74) is 0.148. The molecule has 0 amide bonds. The Labute approximate surface area is 171 Å². The van der Waals surface area contributed by atoms with E-state index < -0.39 is 17.3 Å². The Morgan fingerprint density at radius 3 is 2.48 bits per heavy atom. The molecule has 6 nitrogen and oxygen atoms in total. The molecule has 29 heavy (non-hydrogen) atoms.